The first-order chi connectivity index (χ1) is 8.84. The van der Waals surface area contributed by atoms with Crippen LogP contribution in [0.25, 0.3) is 0 Å². The standard InChI is InChI=1S/C15H17NO3/c1-15(2,3)9-6-5-7-10(8-9)16-11-12(17)13(18)14(11)19-4/h5-8,16H,1-4H3. The fourth-order valence-corrected chi connectivity index (χ4v) is 1.89. The number of hydrogen-bond acceptors (Lipinski definition) is 4. The van der Waals surface area contributed by atoms with E-state index in [0.29, 0.717) is 0 Å². The van der Waals surface area contributed by atoms with E-state index in [1.165, 1.54) is 7.11 Å². The predicted molar refractivity (Wildman–Crippen MR) is 76.3 cm³/mol. The molecule has 0 saturated heterocycles. The van der Waals surface area contributed by atoms with Gasteiger partial charge in [0, 0.05) is 5.69 Å². The van der Waals surface area contributed by atoms with E-state index in [1.54, 1.807) is 0 Å². The summed E-state index contributed by atoms with van der Waals surface area (Å²) in [6, 6.07) is 7.77. The van der Waals surface area contributed by atoms with Crippen LogP contribution in [0.5, 0.6) is 5.75 Å². The SMILES string of the molecule is COc1c(Nc2cccc(C(C)(C)C)c2)c(=O)c1=O. The van der Waals surface area contributed by atoms with Crippen molar-refractivity contribution < 1.29 is 4.74 Å². The number of anilines is 2. The van der Waals surface area contributed by atoms with Gasteiger partial charge in [-0.3, -0.25) is 9.59 Å². The molecule has 4 heteroatoms. The fourth-order valence-electron chi connectivity index (χ4n) is 1.89. The molecule has 2 aromatic rings. The number of nitrogens with one attached hydrogen (secondary N) is 1. The van der Waals surface area contributed by atoms with E-state index in [1.807, 2.05) is 24.3 Å². The summed E-state index contributed by atoms with van der Waals surface area (Å²) in [5.41, 5.74) is 1.08. The van der Waals surface area contributed by atoms with E-state index in [2.05, 4.69) is 26.1 Å². The van der Waals surface area contributed by atoms with Crippen LogP contribution < -0.4 is 20.9 Å². The highest BCUT2D eigenvalue weighted by Crippen LogP contribution is 2.27. The largest absolute Gasteiger partial charge is 0.491 e. The topological polar surface area (TPSA) is 55.4 Å². The van der Waals surface area contributed by atoms with Crippen molar-refractivity contribution in [1.29, 1.82) is 0 Å². The van der Waals surface area contributed by atoms with Crippen LogP contribution in [0.15, 0.2) is 33.9 Å². The van der Waals surface area contributed by atoms with Gasteiger partial charge in [-0.15, -0.1) is 0 Å². The van der Waals surface area contributed by atoms with Gasteiger partial charge in [0.15, 0.2) is 5.75 Å². The quantitative estimate of drug-likeness (QED) is 0.859. The molecule has 0 fully saturated rings. The van der Waals surface area contributed by atoms with E-state index >= 15 is 0 Å². The monoisotopic (exact) mass is 259 g/mol. The molecule has 0 saturated carbocycles. The van der Waals surface area contributed by atoms with Gasteiger partial charge in [0.25, 0.3) is 10.9 Å². The van der Waals surface area contributed by atoms with Crippen molar-refractivity contribution in [2.75, 3.05) is 12.4 Å². The first kappa shape index (κ1) is 13.3. The Hall–Kier alpha value is -2.10. The minimum Gasteiger partial charge on any atom is -0.491 e. The molecule has 0 unspecified atom stereocenters. The highest BCUT2D eigenvalue weighted by molar-refractivity contribution is 5.70. The fraction of sp³-hybridized carbons (Fsp3) is 0.333. The number of benzene rings is 1. The minimum atomic E-state index is -0.572. The lowest BCUT2D eigenvalue weighted by molar-refractivity contribution is 0.408. The first-order valence-electron chi connectivity index (χ1n) is 6.09. The molecule has 0 radical (unpaired) electrons. The van der Waals surface area contributed by atoms with Gasteiger partial charge < -0.3 is 10.1 Å². The number of hydrogen-bond donors (Lipinski definition) is 1. The molecule has 0 aliphatic carbocycles. The molecular formula is C15H17NO3. The maximum atomic E-state index is 11.5. The Morgan fingerprint density at radius 2 is 1.79 bits per heavy atom. The van der Waals surface area contributed by atoms with Gasteiger partial charge in [-0.25, -0.2) is 0 Å². The third-order valence-corrected chi connectivity index (χ3v) is 3.07. The zero-order valence-electron chi connectivity index (χ0n) is 11.5. The molecule has 0 atom stereocenters. The molecule has 1 N–H and O–H groups in total. The van der Waals surface area contributed by atoms with Crippen molar-refractivity contribution in [3.8, 4) is 5.75 Å². The first-order valence-corrected chi connectivity index (χ1v) is 6.09. The van der Waals surface area contributed by atoms with Crippen molar-refractivity contribution in [3.63, 3.8) is 0 Å². The molecule has 2 rings (SSSR count). The molecule has 0 aliphatic rings. The lowest BCUT2D eigenvalue weighted by Crippen LogP contribution is -2.34. The van der Waals surface area contributed by atoms with Crippen molar-refractivity contribution >= 4 is 11.4 Å². The molecule has 0 spiro atoms. The van der Waals surface area contributed by atoms with Gasteiger partial charge in [0.2, 0.25) is 0 Å². The average molecular weight is 259 g/mol. The van der Waals surface area contributed by atoms with Crippen molar-refractivity contribution in [1.82, 2.24) is 0 Å². The molecule has 19 heavy (non-hydrogen) atoms. The van der Waals surface area contributed by atoms with E-state index in [4.69, 9.17) is 4.74 Å². The number of rotatable bonds is 3. The van der Waals surface area contributed by atoms with Crippen LogP contribution in [-0.4, -0.2) is 7.11 Å². The second-order valence-electron chi connectivity index (χ2n) is 5.52. The van der Waals surface area contributed by atoms with E-state index in [0.717, 1.165) is 11.3 Å². The minimum absolute atomic E-state index is 0.0234. The van der Waals surface area contributed by atoms with Crippen LogP contribution in [-0.2, 0) is 5.41 Å². The smallest absolute Gasteiger partial charge is 0.272 e. The summed E-state index contributed by atoms with van der Waals surface area (Å²) in [5, 5.41) is 2.96. The van der Waals surface area contributed by atoms with Crippen LogP contribution in [0.4, 0.5) is 11.4 Å². The third kappa shape index (κ3) is 2.38. The second kappa shape index (κ2) is 4.53. The Kier molecular flexibility index (Phi) is 3.18. The van der Waals surface area contributed by atoms with Gasteiger partial charge in [-0.2, -0.15) is 0 Å². The van der Waals surface area contributed by atoms with E-state index in [-0.39, 0.29) is 16.9 Å². The second-order valence-corrected chi connectivity index (χ2v) is 5.52. The normalized spacial score (nSPS) is 11.6. The summed E-state index contributed by atoms with van der Waals surface area (Å²) in [7, 11) is 1.38. The van der Waals surface area contributed by atoms with Crippen LogP contribution >= 0.6 is 0 Å². The van der Waals surface area contributed by atoms with Crippen LogP contribution in [0.2, 0.25) is 0 Å². The van der Waals surface area contributed by atoms with Gasteiger partial charge in [0.05, 0.1) is 7.11 Å². The van der Waals surface area contributed by atoms with Crippen molar-refractivity contribution in [3.05, 3.63) is 50.3 Å². The molecule has 2 aromatic carbocycles. The van der Waals surface area contributed by atoms with Gasteiger partial charge in [-0.05, 0) is 23.1 Å². The Balaban J connectivity index is 2.32. The maximum absolute atomic E-state index is 11.5. The van der Waals surface area contributed by atoms with E-state index in [9.17, 15) is 9.59 Å². The molecule has 0 aliphatic heterocycles. The van der Waals surface area contributed by atoms with Crippen molar-refractivity contribution in [2.45, 2.75) is 26.2 Å². The van der Waals surface area contributed by atoms with Crippen LogP contribution in [0.1, 0.15) is 26.3 Å². The zero-order chi connectivity index (χ0) is 14.2. The van der Waals surface area contributed by atoms with E-state index < -0.39 is 10.9 Å². The molecule has 0 amide bonds. The van der Waals surface area contributed by atoms with Gasteiger partial charge >= 0.3 is 0 Å². The van der Waals surface area contributed by atoms with Crippen molar-refractivity contribution in [2.24, 2.45) is 0 Å². The van der Waals surface area contributed by atoms with Gasteiger partial charge in [0.1, 0.15) is 5.69 Å². The summed E-state index contributed by atoms with van der Waals surface area (Å²) in [6.07, 6.45) is 0. The summed E-state index contributed by atoms with van der Waals surface area (Å²) in [4.78, 5) is 22.7. The Morgan fingerprint density at radius 3 is 2.37 bits per heavy atom. The Morgan fingerprint density at radius 1 is 1.11 bits per heavy atom. The summed E-state index contributed by atoms with van der Waals surface area (Å²) in [5.74, 6) is 0.103. The Bertz CT molecular complexity index is 673. The predicted octanol–water partition coefficient (Wildman–Crippen LogP) is 2.33. The van der Waals surface area contributed by atoms with Crippen LogP contribution in [0, 0.1) is 0 Å². The summed E-state index contributed by atoms with van der Waals surface area (Å²) in [6.45, 7) is 6.35. The maximum Gasteiger partial charge on any atom is 0.272 e. The Labute approximate surface area is 111 Å². The molecule has 4 nitrogen and oxygen atoms in total. The summed E-state index contributed by atoms with van der Waals surface area (Å²) >= 11 is 0. The highest BCUT2D eigenvalue weighted by Gasteiger charge is 2.22. The highest BCUT2D eigenvalue weighted by atomic mass is 16.5. The zero-order valence-corrected chi connectivity index (χ0v) is 11.5. The third-order valence-electron chi connectivity index (χ3n) is 3.07. The number of methoxy groups -OCH3 is 1. The molecule has 0 heterocycles. The molecule has 0 bridgehead atoms. The molecular weight excluding hydrogens is 242 g/mol. The molecule has 0 aromatic heterocycles. The average Bonchev–Trinajstić information content (AvgIpc) is 2.37. The lowest BCUT2D eigenvalue weighted by atomic mass is 9.87. The summed E-state index contributed by atoms with van der Waals surface area (Å²) < 4.78 is 4.90. The van der Waals surface area contributed by atoms with Crippen LogP contribution in [0.3, 0.4) is 0 Å². The number of ether oxygens (including phenoxy) is 1. The lowest BCUT2D eigenvalue weighted by Gasteiger charge is -2.20. The van der Waals surface area contributed by atoms with Gasteiger partial charge in [-0.1, -0.05) is 32.9 Å². The molecule has 100 valence electrons.